The number of imidazole rings is 1. The van der Waals surface area contributed by atoms with Crippen molar-refractivity contribution in [3.8, 4) is 0 Å². The number of fused-ring (bicyclic) bond motifs is 1. The Morgan fingerprint density at radius 1 is 1.29 bits per heavy atom. The lowest BCUT2D eigenvalue weighted by atomic mass is 10.4. The molecule has 0 unspecified atom stereocenters. The third kappa shape index (κ3) is 1.85. The van der Waals surface area contributed by atoms with Gasteiger partial charge in [0.05, 0.1) is 6.54 Å². The van der Waals surface area contributed by atoms with Crippen LogP contribution in [-0.4, -0.2) is 14.5 Å². The zero-order valence-corrected chi connectivity index (χ0v) is 10.4. The number of hydrogen-bond donors (Lipinski definition) is 0. The molecular weight excluding hydrogens is 230 g/mol. The molecule has 0 amide bonds. The van der Waals surface area contributed by atoms with Crippen molar-refractivity contribution in [2.24, 2.45) is 0 Å². The van der Waals surface area contributed by atoms with Crippen molar-refractivity contribution in [3.63, 3.8) is 0 Å². The van der Waals surface area contributed by atoms with Gasteiger partial charge in [-0.1, -0.05) is 13.0 Å². The number of thiophene rings is 1. The molecule has 0 bridgehead atoms. The molecule has 3 nitrogen and oxygen atoms in total. The Labute approximate surface area is 104 Å². The van der Waals surface area contributed by atoms with Gasteiger partial charge >= 0.3 is 0 Å². The van der Waals surface area contributed by atoms with E-state index in [-0.39, 0.29) is 0 Å². The molecule has 0 N–H and O–H groups in total. The van der Waals surface area contributed by atoms with E-state index in [0.717, 1.165) is 30.0 Å². The third-order valence-electron chi connectivity index (χ3n) is 2.79. The number of nitrogens with zero attached hydrogens (tertiary/aromatic N) is 3. The highest BCUT2D eigenvalue weighted by Gasteiger charge is 2.10. The number of aryl methyl sites for hydroxylation is 1. The van der Waals surface area contributed by atoms with Gasteiger partial charge in [-0.15, -0.1) is 11.3 Å². The molecule has 3 rings (SSSR count). The molecule has 0 aromatic carbocycles. The highest BCUT2D eigenvalue weighted by atomic mass is 32.1. The maximum absolute atomic E-state index is 4.62. The van der Waals surface area contributed by atoms with E-state index in [9.17, 15) is 0 Å². The van der Waals surface area contributed by atoms with Gasteiger partial charge in [0.15, 0.2) is 5.65 Å². The fourth-order valence-corrected chi connectivity index (χ4v) is 2.69. The van der Waals surface area contributed by atoms with Gasteiger partial charge in [0.25, 0.3) is 0 Å². The predicted molar refractivity (Wildman–Crippen MR) is 70.3 cm³/mol. The van der Waals surface area contributed by atoms with Crippen LogP contribution in [0.2, 0.25) is 0 Å². The fraction of sp³-hybridized carbons (Fsp3) is 0.231. The Morgan fingerprint density at radius 3 is 3.00 bits per heavy atom. The Kier molecular flexibility index (Phi) is 2.65. The Bertz CT molecular complexity index is 625. The summed E-state index contributed by atoms with van der Waals surface area (Å²) < 4.78 is 2.21. The Balaban J connectivity index is 2.12. The number of pyridine rings is 1. The SMILES string of the molecule is CCc1nc2cccnc2n1Cc1cccs1. The molecule has 3 aromatic heterocycles. The first-order valence-corrected chi connectivity index (χ1v) is 6.59. The summed E-state index contributed by atoms with van der Waals surface area (Å²) in [6.07, 6.45) is 2.76. The summed E-state index contributed by atoms with van der Waals surface area (Å²) >= 11 is 1.77. The molecule has 0 saturated carbocycles. The molecule has 0 aliphatic carbocycles. The largest absolute Gasteiger partial charge is 0.307 e. The minimum atomic E-state index is 0.869. The highest BCUT2D eigenvalue weighted by molar-refractivity contribution is 7.09. The van der Waals surface area contributed by atoms with Gasteiger partial charge in [-0.2, -0.15) is 0 Å². The fourth-order valence-electron chi connectivity index (χ4n) is 2.00. The highest BCUT2D eigenvalue weighted by Crippen LogP contribution is 2.18. The van der Waals surface area contributed by atoms with Crippen LogP contribution in [0.15, 0.2) is 35.8 Å². The molecule has 3 heterocycles. The zero-order chi connectivity index (χ0) is 11.7. The van der Waals surface area contributed by atoms with Gasteiger partial charge in [0, 0.05) is 17.5 Å². The maximum Gasteiger partial charge on any atom is 0.160 e. The Hall–Kier alpha value is -1.68. The van der Waals surface area contributed by atoms with Crippen LogP contribution in [-0.2, 0) is 13.0 Å². The minimum Gasteiger partial charge on any atom is -0.307 e. The van der Waals surface area contributed by atoms with Crippen LogP contribution in [0, 0.1) is 0 Å². The zero-order valence-electron chi connectivity index (χ0n) is 9.63. The van der Waals surface area contributed by atoms with Crippen LogP contribution in [0.3, 0.4) is 0 Å². The molecule has 0 atom stereocenters. The monoisotopic (exact) mass is 243 g/mol. The minimum absolute atomic E-state index is 0.869. The summed E-state index contributed by atoms with van der Waals surface area (Å²) in [6.45, 7) is 3.00. The molecular formula is C13H13N3S. The number of aromatic nitrogens is 3. The second kappa shape index (κ2) is 4.30. The maximum atomic E-state index is 4.62. The van der Waals surface area contributed by atoms with Gasteiger partial charge < -0.3 is 4.57 Å². The lowest BCUT2D eigenvalue weighted by Crippen LogP contribution is -2.03. The van der Waals surface area contributed by atoms with E-state index in [2.05, 4.69) is 39.0 Å². The summed E-state index contributed by atoms with van der Waals surface area (Å²) in [7, 11) is 0. The van der Waals surface area contributed by atoms with Crippen molar-refractivity contribution < 1.29 is 0 Å². The van der Waals surface area contributed by atoms with E-state index in [1.54, 1.807) is 11.3 Å². The first kappa shape index (κ1) is 10.5. The molecule has 0 spiro atoms. The van der Waals surface area contributed by atoms with Crippen LogP contribution in [0.5, 0.6) is 0 Å². The van der Waals surface area contributed by atoms with Crippen molar-refractivity contribution in [2.45, 2.75) is 19.9 Å². The normalized spacial score (nSPS) is 11.1. The number of hydrogen-bond acceptors (Lipinski definition) is 3. The van der Waals surface area contributed by atoms with E-state index in [1.807, 2.05) is 18.3 Å². The van der Waals surface area contributed by atoms with E-state index in [1.165, 1.54) is 4.88 Å². The summed E-state index contributed by atoms with van der Waals surface area (Å²) in [4.78, 5) is 10.4. The first-order valence-electron chi connectivity index (χ1n) is 5.71. The topological polar surface area (TPSA) is 30.7 Å². The van der Waals surface area contributed by atoms with Crippen molar-refractivity contribution in [1.29, 1.82) is 0 Å². The van der Waals surface area contributed by atoms with E-state index < -0.39 is 0 Å². The first-order chi connectivity index (χ1) is 8.38. The smallest absolute Gasteiger partial charge is 0.160 e. The van der Waals surface area contributed by atoms with Crippen LogP contribution in [0.1, 0.15) is 17.6 Å². The average molecular weight is 243 g/mol. The van der Waals surface area contributed by atoms with Gasteiger partial charge in [-0.05, 0) is 23.6 Å². The van der Waals surface area contributed by atoms with Crippen molar-refractivity contribution in [3.05, 3.63) is 46.5 Å². The second-order valence-corrected chi connectivity index (χ2v) is 4.93. The van der Waals surface area contributed by atoms with Gasteiger partial charge in [-0.25, -0.2) is 9.97 Å². The van der Waals surface area contributed by atoms with Gasteiger partial charge in [0.2, 0.25) is 0 Å². The van der Waals surface area contributed by atoms with Crippen LogP contribution < -0.4 is 0 Å². The molecule has 0 aliphatic heterocycles. The summed E-state index contributed by atoms with van der Waals surface area (Å²) in [6, 6.07) is 8.19. The number of rotatable bonds is 3. The van der Waals surface area contributed by atoms with Crippen molar-refractivity contribution in [1.82, 2.24) is 14.5 Å². The molecule has 17 heavy (non-hydrogen) atoms. The van der Waals surface area contributed by atoms with Crippen LogP contribution in [0.25, 0.3) is 11.2 Å². The van der Waals surface area contributed by atoms with Crippen LogP contribution >= 0.6 is 11.3 Å². The van der Waals surface area contributed by atoms with E-state index in [4.69, 9.17) is 0 Å². The predicted octanol–water partition coefficient (Wildman–Crippen LogP) is 3.10. The quantitative estimate of drug-likeness (QED) is 0.707. The lowest BCUT2D eigenvalue weighted by Gasteiger charge is -2.05. The molecule has 4 heteroatoms. The Morgan fingerprint density at radius 2 is 2.24 bits per heavy atom. The average Bonchev–Trinajstić information content (AvgIpc) is 2.98. The molecule has 0 fully saturated rings. The molecule has 3 aromatic rings. The molecule has 0 saturated heterocycles. The molecule has 86 valence electrons. The standard InChI is InChI=1S/C13H13N3S/c1-2-12-15-11-6-3-7-14-13(11)16(12)9-10-5-4-8-17-10/h3-8H,2,9H2,1H3. The molecule has 0 aliphatic rings. The van der Waals surface area contributed by atoms with Crippen molar-refractivity contribution in [2.75, 3.05) is 0 Å². The summed E-state index contributed by atoms with van der Waals surface area (Å²) in [5, 5.41) is 2.10. The van der Waals surface area contributed by atoms with Gasteiger partial charge in [-0.3, -0.25) is 0 Å². The van der Waals surface area contributed by atoms with E-state index in [0.29, 0.717) is 0 Å². The summed E-state index contributed by atoms with van der Waals surface area (Å²) in [5.41, 5.74) is 1.97. The third-order valence-corrected chi connectivity index (χ3v) is 3.65. The second-order valence-electron chi connectivity index (χ2n) is 3.89. The van der Waals surface area contributed by atoms with Gasteiger partial charge in [0.1, 0.15) is 11.3 Å². The van der Waals surface area contributed by atoms with Crippen molar-refractivity contribution >= 4 is 22.5 Å². The van der Waals surface area contributed by atoms with Crippen LogP contribution in [0.4, 0.5) is 0 Å². The molecule has 0 radical (unpaired) electrons. The van der Waals surface area contributed by atoms with E-state index >= 15 is 0 Å². The lowest BCUT2D eigenvalue weighted by molar-refractivity contribution is 0.754. The summed E-state index contributed by atoms with van der Waals surface area (Å²) in [5.74, 6) is 1.10.